The van der Waals surface area contributed by atoms with E-state index in [2.05, 4.69) is 29.8 Å². The smallest absolute Gasteiger partial charge is 0.404 e. The molecule has 0 atom stereocenters. The average molecular weight is 338 g/mol. The number of benzene rings is 1. The zero-order chi connectivity index (χ0) is 18.0. The quantitative estimate of drug-likeness (QED) is 0.747. The molecule has 6 nitrogen and oxygen atoms in total. The molecule has 2 aromatic heterocycles. The zero-order valence-electron chi connectivity index (χ0n) is 14.7. The van der Waals surface area contributed by atoms with E-state index in [0.717, 1.165) is 45.9 Å². The highest BCUT2D eigenvalue weighted by atomic mass is 16.4. The van der Waals surface area contributed by atoms with Crippen LogP contribution in [0.1, 0.15) is 29.6 Å². The van der Waals surface area contributed by atoms with Crippen LogP contribution in [0.5, 0.6) is 0 Å². The Morgan fingerprint density at radius 1 is 1.20 bits per heavy atom. The molecular weight excluding hydrogens is 316 g/mol. The van der Waals surface area contributed by atoms with Gasteiger partial charge in [-0.1, -0.05) is 19.1 Å². The van der Waals surface area contributed by atoms with E-state index in [4.69, 9.17) is 15.1 Å². The zero-order valence-corrected chi connectivity index (χ0v) is 14.7. The number of carboxylic acid groups (broad SMARTS) is 1. The molecule has 0 spiro atoms. The van der Waals surface area contributed by atoms with Crippen molar-refractivity contribution < 1.29 is 9.90 Å². The van der Waals surface area contributed by atoms with Crippen molar-refractivity contribution in [2.75, 3.05) is 6.54 Å². The van der Waals surface area contributed by atoms with Gasteiger partial charge >= 0.3 is 6.09 Å². The summed E-state index contributed by atoms with van der Waals surface area (Å²) < 4.78 is 2.11. The summed E-state index contributed by atoms with van der Waals surface area (Å²) in [5.41, 5.74) is 6.04. The van der Waals surface area contributed by atoms with Gasteiger partial charge in [0.25, 0.3) is 0 Å². The molecule has 0 aliphatic carbocycles. The van der Waals surface area contributed by atoms with E-state index in [1.807, 2.05) is 31.2 Å². The fraction of sp³-hybridized carbons (Fsp3) is 0.316. The van der Waals surface area contributed by atoms with E-state index < -0.39 is 6.09 Å². The van der Waals surface area contributed by atoms with E-state index in [1.165, 1.54) is 0 Å². The first-order valence-electron chi connectivity index (χ1n) is 8.41. The molecule has 3 aromatic rings. The number of pyridine rings is 1. The highest BCUT2D eigenvalue weighted by molar-refractivity contribution is 5.78. The first-order valence-corrected chi connectivity index (χ1v) is 8.41. The van der Waals surface area contributed by atoms with Crippen molar-refractivity contribution in [3.8, 4) is 5.69 Å². The minimum absolute atomic E-state index is 0.406. The van der Waals surface area contributed by atoms with Crippen molar-refractivity contribution in [2.24, 2.45) is 0 Å². The summed E-state index contributed by atoms with van der Waals surface area (Å²) in [4.78, 5) is 20.0. The lowest BCUT2D eigenvalue weighted by atomic mass is 10.1. The number of nitrogens with zero attached hydrogens (tertiary/aromatic N) is 3. The van der Waals surface area contributed by atoms with E-state index >= 15 is 0 Å². The van der Waals surface area contributed by atoms with Crippen LogP contribution in [0.15, 0.2) is 30.3 Å². The van der Waals surface area contributed by atoms with E-state index in [1.54, 1.807) is 0 Å². The van der Waals surface area contributed by atoms with Gasteiger partial charge in [0.05, 0.1) is 0 Å². The third-order valence-electron chi connectivity index (χ3n) is 4.20. The molecule has 3 rings (SSSR count). The van der Waals surface area contributed by atoms with Crippen LogP contribution in [0.3, 0.4) is 0 Å². The first-order chi connectivity index (χ1) is 12.0. The second-order valence-electron chi connectivity index (χ2n) is 6.12. The Bertz CT molecular complexity index is 913. The Kier molecular flexibility index (Phi) is 4.70. The molecule has 0 fully saturated rings. The Balaban J connectivity index is 1.97. The molecule has 1 aromatic carbocycles. The van der Waals surface area contributed by atoms with Crippen LogP contribution in [0.25, 0.3) is 16.9 Å². The van der Waals surface area contributed by atoms with Gasteiger partial charge in [-0.25, -0.2) is 14.8 Å². The number of hydrogen-bond donors (Lipinski definition) is 2. The first kappa shape index (κ1) is 17.0. The van der Waals surface area contributed by atoms with Gasteiger partial charge in [0.15, 0.2) is 5.65 Å². The van der Waals surface area contributed by atoms with Gasteiger partial charge in [-0.15, -0.1) is 0 Å². The minimum Gasteiger partial charge on any atom is -0.465 e. The number of aromatic nitrogens is 3. The fourth-order valence-electron chi connectivity index (χ4n) is 3.04. The maximum absolute atomic E-state index is 10.5. The number of carbonyl (C=O) groups is 1. The molecule has 0 saturated carbocycles. The molecule has 0 aliphatic heterocycles. The van der Waals surface area contributed by atoms with Gasteiger partial charge in [0, 0.05) is 24.3 Å². The van der Waals surface area contributed by atoms with Crippen LogP contribution in [0.4, 0.5) is 4.79 Å². The number of nitrogens with one attached hydrogen (secondary N) is 1. The molecular formula is C19H22N4O2. The van der Waals surface area contributed by atoms with Crippen LogP contribution >= 0.6 is 0 Å². The van der Waals surface area contributed by atoms with Crippen molar-refractivity contribution >= 4 is 17.3 Å². The van der Waals surface area contributed by atoms with E-state index in [0.29, 0.717) is 13.0 Å². The number of rotatable bonds is 5. The topological polar surface area (TPSA) is 80.0 Å². The molecule has 0 radical (unpaired) electrons. The lowest BCUT2D eigenvalue weighted by molar-refractivity contribution is 0.194. The number of aryl methyl sites for hydroxylation is 3. The van der Waals surface area contributed by atoms with E-state index in [-0.39, 0.29) is 0 Å². The second kappa shape index (κ2) is 6.93. The van der Waals surface area contributed by atoms with Gasteiger partial charge in [-0.05, 0) is 49.6 Å². The predicted octanol–water partition coefficient (Wildman–Crippen LogP) is 3.41. The van der Waals surface area contributed by atoms with Crippen molar-refractivity contribution in [1.82, 2.24) is 19.9 Å². The summed E-state index contributed by atoms with van der Waals surface area (Å²) in [7, 11) is 0. The van der Waals surface area contributed by atoms with Crippen LogP contribution in [0, 0.1) is 13.8 Å². The number of amides is 1. The summed E-state index contributed by atoms with van der Waals surface area (Å²) in [6.07, 6.45) is 0.485. The molecule has 130 valence electrons. The van der Waals surface area contributed by atoms with Gasteiger partial charge < -0.3 is 10.4 Å². The van der Waals surface area contributed by atoms with Crippen molar-refractivity contribution in [1.29, 1.82) is 0 Å². The summed E-state index contributed by atoms with van der Waals surface area (Å²) in [6.45, 7) is 6.55. The highest BCUT2D eigenvalue weighted by Gasteiger charge is 2.14. The molecule has 0 bridgehead atoms. The molecule has 0 unspecified atom stereocenters. The number of hydrogen-bond acceptors (Lipinski definition) is 3. The molecule has 2 N–H and O–H groups in total. The Morgan fingerprint density at radius 3 is 2.56 bits per heavy atom. The fourth-order valence-corrected chi connectivity index (χ4v) is 3.04. The molecule has 0 aliphatic rings. The van der Waals surface area contributed by atoms with Gasteiger partial charge in [-0.2, -0.15) is 0 Å². The Hall–Kier alpha value is -2.89. The summed E-state index contributed by atoms with van der Waals surface area (Å²) in [5.74, 6) is 0.983. The minimum atomic E-state index is -0.995. The summed E-state index contributed by atoms with van der Waals surface area (Å²) in [6, 6.07) is 10.2. The van der Waals surface area contributed by atoms with Crippen molar-refractivity contribution in [3.05, 3.63) is 53.0 Å². The van der Waals surface area contributed by atoms with Crippen LogP contribution < -0.4 is 5.32 Å². The van der Waals surface area contributed by atoms with Crippen LogP contribution in [-0.4, -0.2) is 32.3 Å². The standard InChI is InChI=1S/C19H22N4O2/c1-4-16-22-17-12(2)11-13(3)21-18(17)23(16)15-7-5-14(6-8-15)9-10-20-19(24)25/h5-8,11,20H,4,9-10H2,1-3H3,(H,24,25). The number of fused-ring (bicyclic) bond motifs is 1. The van der Waals surface area contributed by atoms with Gasteiger partial charge in [0.1, 0.15) is 11.3 Å². The SMILES string of the molecule is CCc1nc2c(C)cc(C)nc2n1-c1ccc(CCNC(=O)O)cc1. The summed E-state index contributed by atoms with van der Waals surface area (Å²) >= 11 is 0. The lowest BCUT2D eigenvalue weighted by Crippen LogP contribution is -2.23. The Labute approximate surface area is 146 Å². The number of imidazole rings is 1. The van der Waals surface area contributed by atoms with Gasteiger partial charge in [-0.3, -0.25) is 4.57 Å². The summed E-state index contributed by atoms with van der Waals surface area (Å²) in [5, 5.41) is 11.0. The normalized spacial score (nSPS) is 11.0. The lowest BCUT2D eigenvalue weighted by Gasteiger charge is -2.09. The maximum Gasteiger partial charge on any atom is 0.404 e. The molecule has 2 heterocycles. The van der Waals surface area contributed by atoms with E-state index in [9.17, 15) is 4.79 Å². The van der Waals surface area contributed by atoms with Crippen LogP contribution in [-0.2, 0) is 12.8 Å². The third kappa shape index (κ3) is 3.47. The van der Waals surface area contributed by atoms with Crippen LogP contribution in [0.2, 0.25) is 0 Å². The largest absolute Gasteiger partial charge is 0.465 e. The average Bonchev–Trinajstić information content (AvgIpc) is 2.94. The van der Waals surface area contributed by atoms with Crippen molar-refractivity contribution in [2.45, 2.75) is 33.6 Å². The predicted molar refractivity (Wildman–Crippen MR) is 97.4 cm³/mol. The van der Waals surface area contributed by atoms with Crippen molar-refractivity contribution in [3.63, 3.8) is 0 Å². The molecule has 0 saturated heterocycles. The third-order valence-corrected chi connectivity index (χ3v) is 4.20. The molecule has 25 heavy (non-hydrogen) atoms. The maximum atomic E-state index is 10.5. The highest BCUT2D eigenvalue weighted by Crippen LogP contribution is 2.24. The second-order valence-corrected chi connectivity index (χ2v) is 6.12. The Morgan fingerprint density at radius 2 is 1.92 bits per heavy atom. The molecule has 6 heteroatoms. The monoisotopic (exact) mass is 338 g/mol. The molecule has 1 amide bonds. The van der Waals surface area contributed by atoms with Gasteiger partial charge in [0.2, 0.25) is 0 Å².